The van der Waals surface area contributed by atoms with Gasteiger partial charge in [-0.15, -0.1) is 12.4 Å². The second-order valence-corrected chi connectivity index (χ2v) is 8.84. The molecular formula is C24H34ClN3. The van der Waals surface area contributed by atoms with Gasteiger partial charge in [0.1, 0.15) is 0 Å². The van der Waals surface area contributed by atoms with Crippen molar-refractivity contribution in [3.63, 3.8) is 0 Å². The van der Waals surface area contributed by atoms with Gasteiger partial charge >= 0.3 is 0 Å². The number of nitrogens with two attached hydrogens (primary N) is 1. The number of anilines is 1. The Bertz CT molecular complexity index is 754. The van der Waals surface area contributed by atoms with Crippen LogP contribution in [0, 0.1) is 5.41 Å². The van der Waals surface area contributed by atoms with E-state index in [-0.39, 0.29) is 23.8 Å². The molecular weight excluding hydrogens is 366 g/mol. The van der Waals surface area contributed by atoms with Crippen LogP contribution >= 0.6 is 12.4 Å². The molecule has 0 spiro atoms. The van der Waals surface area contributed by atoms with Crippen LogP contribution in [0.25, 0.3) is 0 Å². The third-order valence-corrected chi connectivity index (χ3v) is 5.73. The molecule has 2 aromatic carbocycles. The molecule has 1 fully saturated rings. The van der Waals surface area contributed by atoms with E-state index in [0.29, 0.717) is 12.5 Å². The standard InChI is InChI=1S/C24H33N3.ClH/c1-24(2,3)21-13-9-18(10-14-21)17-27(23(25)26)22-15-11-20(12-16-22)19-7-5-4-6-8-19;/h9-16,19H,4-8,17H2,1-3H3,(H3,25,26);1H. The van der Waals surface area contributed by atoms with Crippen LogP contribution in [0.1, 0.15) is 75.5 Å². The lowest BCUT2D eigenvalue weighted by Crippen LogP contribution is -2.36. The van der Waals surface area contributed by atoms with Gasteiger partial charge in [-0.3, -0.25) is 5.41 Å². The number of hydrogen-bond donors (Lipinski definition) is 2. The Morgan fingerprint density at radius 2 is 1.54 bits per heavy atom. The molecule has 1 aliphatic carbocycles. The van der Waals surface area contributed by atoms with Crippen LogP contribution in [-0.2, 0) is 12.0 Å². The lowest BCUT2D eigenvalue weighted by atomic mass is 9.84. The van der Waals surface area contributed by atoms with Crippen LogP contribution in [0.5, 0.6) is 0 Å². The van der Waals surface area contributed by atoms with Crippen LogP contribution in [0.15, 0.2) is 48.5 Å². The topological polar surface area (TPSA) is 53.1 Å². The molecule has 0 atom stereocenters. The SMILES string of the molecule is CC(C)(C)c1ccc(CN(C(=N)N)c2ccc(C3CCCCC3)cc2)cc1.Cl. The van der Waals surface area contributed by atoms with Gasteiger partial charge in [0.25, 0.3) is 0 Å². The Kier molecular flexibility index (Phi) is 7.54. The minimum absolute atomic E-state index is 0. The van der Waals surface area contributed by atoms with Crippen molar-refractivity contribution in [2.45, 2.75) is 70.8 Å². The number of rotatable bonds is 4. The highest BCUT2D eigenvalue weighted by atomic mass is 35.5. The summed E-state index contributed by atoms with van der Waals surface area (Å²) in [7, 11) is 0. The van der Waals surface area contributed by atoms with Crippen LogP contribution in [-0.4, -0.2) is 5.96 Å². The smallest absolute Gasteiger partial charge is 0.193 e. The van der Waals surface area contributed by atoms with E-state index >= 15 is 0 Å². The predicted molar refractivity (Wildman–Crippen MR) is 123 cm³/mol. The quantitative estimate of drug-likeness (QED) is 0.464. The molecule has 0 unspecified atom stereocenters. The summed E-state index contributed by atoms with van der Waals surface area (Å²) in [5.41, 5.74) is 10.9. The van der Waals surface area contributed by atoms with E-state index in [2.05, 4.69) is 69.3 Å². The van der Waals surface area contributed by atoms with E-state index in [1.54, 1.807) is 0 Å². The van der Waals surface area contributed by atoms with E-state index in [9.17, 15) is 0 Å². The number of guanidine groups is 1. The zero-order valence-corrected chi connectivity index (χ0v) is 18.2. The van der Waals surface area contributed by atoms with Gasteiger partial charge in [0.2, 0.25) is 0 Å². The molecule has 0 radical (unpaired) electrons. The Labute approximate surface area is 176 Å². The Balaban J connectivity index is 0.00000280. The summed E-state index contributed by atoms with van der Waals surface area (Å²) >= 11 is 0. The molecule has 0 aliphatic heterocycles. The first-order chi connectivity index (χ1) is 12.8. The second kappa shape index (κ2) is 9.47. The van der Waals surface area contributed by atoms with Crippen molar-refractivity contribution in [3.8, 4) is 0 Å². The van der Waals surface area contributed by atoms with Crippen molar-refractivity contribution >= 4 is 24.1 Å². The lowest BCUT2D eigenvalue weighted by molar-refractivity contribution is 0.443. The average Bonchev–Trinajstić information content (AvgIpc) is 2.66. The van der Waals surface area contributed by atoms with Crippen molar-refractivity contribution in [3.05, 3.63) is 65.2 Å². The maximum absolute atomic E-state index is 8.03. The zero-order valence-electron chi connectivity index (χ0n) is 17.4. The zero-order chi connectivity index (χ0) is 19.4. The summed E-state index contributed by atoms with van der Waals surface area (Å²) in [5.74, 6) is 0.781. The van der Waals surface area contributed by atoms with Gasteiger partial charge in [0.05, 0.1) is 6.54 Å². The summed E-state index contributed by atoms with van der Waals surface area (Å²) in [4.78, 5) is 1.87. The third-order valence-electron chi connectivity index (χ3n) is 5.73. The first-order valence-electron chi connectivity index (χ1n) is 10.2. The van der Waals surface area contributed by atoms with Gasteiger partial charge in [-0.2, -0.15) is 0 Å². The molecule has 1 saturated carbocycles. The number of nitrogens with one attached hydrogen (secondary N) is 1. The molecule has 2 aromatic rings. The lowest BCUT2D eigenvalue weighted by Gasteiger charge is -2.26. The Hall–Kier alpha value is -2.00. The first-order valence-corrected chi connectivity index (χ1v) is 10.2. The first kappa shape index (κ1) is 22.3. The van der Waals surface area contributed by atoms with Crippen LogP contribution in [0.2, 0.25) is 0 Å². The molecule has 0 bridgehead atoms. The largest absolute Gasteiger partial charge is 0.370 e. The van der Waals surface area contributed by atoms with Gasteiger partial charge in [-0.05, 0) is 53.0 Å². The second-order valence-electron chi connectivity index (χ2n) is 8.84. The van der Waals surface area contributed by atoms with E-state index in [4.69, 9.17) is 11.1 Å². The van der Waals surface area contributed by atoms with Crippen molar-refractivity contribution in [1.29, 1.82) is 5.41 Å². The van der Waals surface area contributed by atoms with Gasteiger partial charge in [0.15, 0.2) is 5.96 Å². The molecule has 4 heteroatoms. The number of hydrogen-bond acceptors (Lipinski definition) is 1. The van der Waals surface area contributed by atoms with Crippen LogP contribution < -0.4 is 10.6 Å². The fourth-order valence-electron chi connectivity index (χ4n) is 3.97. The van der Waals surface area contributed by atoms with Gasteiger partial charge in [0, 0.05) is 5.69 Å². The maximum Gasteiger partial charge on any atom is 0.193 e. The molecule has 3 rings (SSSR count). The normalized spacial score (nSPS) is 15.0. The average molecular weight is 400 g/mol. The summed E-state index contributed by atoms with van der Waals surface area (Å²) < 4.78 is 0. The van der Waals surface area contributed by atoms with Crippen molar-refractivity contribution < 1.29 is 0 Å². The fraction of sp³-hybridized carbons (Fsp3) is 0.458. The fourth-order valence-corrected chi connectivity index (χ4v) is 3.97. The molecule has 3 N–H and O–H groups in total. The molecule has 1 aliphatic rings. The molecule has 0 amide bonds. The Morgan fingerprint density at radius 3 is 2.04 bits per heavy atom. The van der Waals surface area contributed by atoms with E-state index in [1.807, 2.05) is 4.90 Å². The van der Waals surface area contributed by atoms with E-state index in [1.165, 1.54) is 43.2 Å². The summed E-state index contributed by atoms with van der Waals surface area (Å²) in [6.45, 7) is 7.27. The van der Waals surface area contributed by atoms with Crippen molar-refractivity contribution in [2.24, 2.45) is 5.73 Å². The highest BCUT2D eigenvalue weighted by Gasteiger charge is 2.17. The maximum atomic E-state index is 8.03. The predicted octanol–water partition coefficient (Wildman–Crippen LogP) is 6.35. The minimum atomic E-state index is 0. The Morgan fingerprint density at radius 1 is 0.964 bits per heavy atom. The number of halogens is 1. The van der Waals surface area contributed by atoms with Crippen LogP contribution in [0.4, 0.5) is 5.69 Å². The van der Waals surface area contributed by atoms with Crippen LogP contribution in [0.3, 0.4) is 0 Å². The number of nitrogens with zero attached hydrogens (tertiary/aromatic N) is 1. The van der Waals surface area contributed by atoms with Gasteiger partial charge < -0.3 is 10.6 Å². The van der Waals surface area contributed by atoms with E-state index < -0.39 is 0 Å². The highest BCUT2D eigenvalue weighted by Crippen LogP contribution is 2.33. The third kappa shape index (κ3) is 5.51. The van der Waals surface area contributed by atoms with Crippen molar-refractivity contribution in [1.82, 2.24) is 0 Å². The van der Waals surface area contributed by atoms with Gasteiger partial charge in [-0.25, -0.2) is 0 Å². The minimum Gasteiger partial charge on any atom is -0.370 e. The summed E-state index contributed by atoms with van der Waals surface area (Å²) in [6, 6.07) is 17.3. The molecule has 0 heterocycles. The monoisotopic (exact) mass is 399 g/mol. The molecule has 0 saturated heterocycles. The summed E-state index contributed by atoms with van der Waals surface area (Å²) in [6.07, 6.45) is 6.67. The summed E-state index contributed by atoms with van der Waals surface area (Å²) in [5, 5.41) is 8.03. The van der Waals surface area contributed by atoms with E-state index in [0.717, 1.165) is 11.3 Å². The highest BCUT2D eigenvalue weighted by molar-refractivity contribution is 5.92. The molecule has 152 valence electrons. The number of benzene rings is 2. The molecule has 0 aromatic heterocycles. The van der Waals surface area contributed by atoms with Crippen molar-refractivity contribution in [2.75, 3.05) is 4.90 Å². The van der Waals surface area contributed by atoms with Gasteiger partial charge in [-0.1, -0.05) is 76.4 Å². The molecule has 3 nitrogen and oxygen atoms in total. The molecule has 28 heavy (non-hydrogen) atoms.